The van der Waals surface area contributed by atoms with E-state index < -0.39 is 0 Å². The van der Waals surface area contributed by atoms with Crippen LogP contribution in [0.4, 0.5) is 0 Å². The number of hydrogen-bond acceptors (Lipinski definition) is 3. The quantitative estimate of drug-likeness (QED) is 0.861. The maximum absolute atomic E-state index is 12.0. The van der Waals surface area contributed by atoms with Gasteiger partial charge in [0.05, 0.1) is 11.7 Å². The van der Waals surface area contributed by atoms with Gasteiger partial charge in [-0.2, -0.15) is 0 Å². The third-order valence-electron chi connectivity index (χ3n) is 3.45. The highest BCUT2D eigenvalue weighted by molar-refractivity contribution is 5.97. The first-order valence-corrected chi connectivity index (χ1v) is 6.23. The Labute approximate surface area is 107 Å². The predicted octanol–water partition coefficient (Wildman–Crippen LogP) is 2.00. The van der Waals surface area contributed by atoms with Crippen LogP contribution in [0.3, 0.4) is 0 Å². The predicted molar refractivity (Wildman–Crippen MR) is 68.7 cm³/mol. The number of amides is 1. The highest BCUT2D eigenvalue weighted by atomic mass is 16.5. The Morgan fingerprint density at radius 2 is 2.22 bits per heavy atom. The molecule has 2 rings (SSSR count). The van der Waals surface area contributed by atoms with Crippen LogP contribution in [0.25, 0.3) is 0 Å². The number of aryl methyl sites for hydroxylation is 1. The molecule has 18 heavy (non-hydrogen) atoms. The number of hydrogen-bond donors (Lipinski definition) is 2. The third-order valence-corrected chi connectivity index (χ3v) is 3.45. The summed E-state index contributed by atoms with van der Waals surface area (Å²) in [6.07, 6.45) is 2.98. The van der Waals surface area contributed by atoms with Crippen molar-refractivity contribution in [2.45, 2.75) is 38.3 Å². The van der Waals surface area contributed by atoms with Gasteiger partial charge in [0.25, 0.3) is 5.91 Å². The maximum Gasteiger partial charge on any atom is 0.255 e. The van der Waals surface area contributed by atoms with E-state index in [0.29, 0.717) is 5.56 Å². The Morgan fingerprint density at radius 3 is 2.83 bits per heavy atom. The summed E-state index contributed by atoms with van der Waals surface area (Å²) in [6.45, 7) is 1.88. The van der Waals surface area contributed by atoms with E-state index in [0.717, 1.165) is 24.8 Å². The highest BCUT2D eigenvalue weighted by Gasteiger charge is 2.26. The van der Waals surface area contributed by atoms with E-state index in [1.165, 1.54) is 0 Å². The monoisotopic (exact) mass is 249 g/mol. The molecular formula is C14H19NO3. The van der Waals surface area contributed by atoms with E-state index in [9.17, 15) is 9.90 Å². The molecule has 0 radical (unpaired) electrons. The van der Waals surface area contributed by atoms with Crippen molar-refractivity contribution in [1.82, 2.24) is 5.32 Å². The first-order chi connectivity index (χ1) is 8.60. The van der Waals surface area contributed by atoms with E-state index in [1.54, 1.807) is 19.2 Å². The number of carbonyl (C=O) groups excluding carboxylic acids is 1. The summed E-state index contributed by atoms with van der Waals surface area (Å²) < 4.78 is 5.27. The van der Waals surface area contributed by atoms with Crippen molar-refractivity contribution in [2.75, 3.05) is 7.11 Å². The minimum atomic E-state index is -0.214. The van der Waals surface area contributed by atoms with Gasteiger partial charge in [0.1, 0.15) is 5.75 Å². The fourth-order valence-corrected chi connectivity index (χ4v) is 2.38. The molecule has 0 heterocycles. The molecule has 2 atom stereocenters. The Bertz CT molecular complexity index is 445. The SMILES string of the molecule is COC1CCC(NC(=O)c2ccc(C)cc2O)C1. The second-order valence-electron chi connectivity index (χ2n) is 4.86. The van der Waals surface area contributed by atoms with Gasteiger partial charge in [-0.3, -0.25) is 4.79 Å². The molecule has 98 valence electrons. The summed E-state index contributed by atoms with van der Waals surface area (Å²) in [4.78, 5) is 12.0. The van der Waals surface area contributed by atoms with Crippen LogP contribution in [0.15, 0.2) is 18.2 Å². The van der Waals surface area contributed by atoms with Crippen molar-refractivity contribution in [3.8, 4) is 5.75 Å². The summed E-state index contributed by atoms with van der Waals surface area (Å²) in [5, 5.41) is 12.7. The average Bonchev–Trinajstić information content (AvgIpc) is 2.76. The van der Waals surface area contributed by atoms with E-state index in [1.807, 2.05) is 13.0 Å². The number of ether oxygens (including phenoxy) is 1. The number of rotatable bonds is 3. The second-order valence-corrected chi connectivity index (χ2v) is 4.86. The average molecular weight is 249 g/mol. The van der Waals surface area contributed by atoms with Crippen LogP contribution in [-0.2, 0) is 4.74 Å². The number of phenolic OH excluding ortho intramolecular Hbond substituents is 1. The lowest BCUT2D eigenvalue weighted by molar-refractivity contribution is 0.0912. The van der Waals surface area contributed by atoms with Crippen molar-refractivity contribution < 1.29 is 14.6 Å². The van der Waals surface area contributed by atoms with Gasteiger partial charge in [0, 0.05) is 13.2 Å². The number of nitrogens with one attached hydrogen (secondary N) is 1. The van der Waals surface area contributed by atoms with E-state index >= 15 is 0 Å². The normalized spacial score (nSPS) is 23.0. The zero-order valence-electron chi connectivity index (χ0n) is 10.8. The standard InChI is InChI=1S/C14H19NO3/c1-9-3-6-12(13(16)7-9)14(17)15-10-4-5-11(8-10)18-2/h3,6-7,10-11,16H,4-5,8H2,1-2H3,(H,15,17). The van der Waals surface area contributed by atoms with Crippen LogP contribution >= 0.6 is 0 Å². The Kier molecular flexibility index (Phi) is 3.87. The number of methoxy groups -OCH3 is 1. The Morgan fingerprint density at radius 1 is 1.44 bits per heavy atom. The summed E-state index contributed by atoms with van der Waals surface area (Å²) >= 11 is 0. The Hall–Kier alpha value is -1.55. The van der Waals surface area contributed by atoms with Gasteiger partial charge < -0.3 is 15.2 Å². The smallest absolute Gasteiger partial charge is 0.255 e. The molecule has 0 aliphatic heterocycles. The Balaban J connectivity index is 2.00. The minimum Gasteiger partial charge on any atom is -0.507 e. The largest absolute Gasteiger partial charge is 0.507 e. The first kappa shape index (κ1) is 12.9. The fraction of sp³-hybridized carbons (Fsp3) is 0.500. The van der Waals surface area contributed by atoms with Gasteiger partial charge in [-0.05, 0) is 43.9 Å². The molecular weight excluding hydrogens is 230 g/mol. The van der Waals surface area contributed by atoms with E-state index in [-0.39, 0.29) is 23.8 Å². The topological polar surface area (TPSA) is 58.6 Å². The van der Waals surface area contributed by atoms with E-state index in [4.69, 9.17) is 4.74 Å². The maximum atomic E-state index is 12.0. The molecule has 4 heteroatoms. The lowest BCUT2D eigenvalue weighted by Gasteiger charge is -2.13. The van der Waals surface area contributed by atoms with Crippen molar-refractivity contribution in [2.24, 2.45) is 0 Å². The summed E-state index contributed by atoms with van der Waals surface area (Å²) in [5.74, 6) is -0.178. The molecule has 0 bridgehead atoms. The van der Waals surface area contributed by atoms with Crippen LogP contribution in [0, 0.1) is 6.92 Å². The molecule has 0 saturated heterocycles. The molecule has 1 saturated carbocycles. The van der Waals surface area contributed by atoms with Gasteiger partial charge in [-0.15, -0.1) is 0 Å². The molecule has 0 spiro atoms. The number of phenols is 1. The molecule has 1 aromatic carbocycles. The molecule has 1 aliphatic carbocycles. The molecule has 2 unspecified atom stereocenters. The van der Waals surface area contributed by atoms with Crippen molar-refractivity contribution >= 4 is 5.91 Å². The van der Waals surface area contributed by atoms with Crippen LogP contribution in [0.2, 0.25) is 0 Å². The summed E-state index contributed by atoms with van der Waals surface area (Å²) in [6, 6.07) is 5.22. The van der Waals surface area contributed by atoms with Gasteiger partial charge in [-0.25, -0.2) is 0 Å². The van der Waals surface area contributed by atoms with Crippen molar-refractivity contribution in [3.05, 3.63) is 29.3 Å². The number of benzene rings is 1. The molecule has 1 aromatic rings. The van der Waals surface area contributed by atoms with Gasteiger partial charge >= 0.3 is 0 Å². The van der Waals surface area contributed by atoms with Gasteiger partial charge in [0.15, 0.2) is 0 Å². The number of carbonyl (C=O) groups is 1. The van der Waals surface area contributed by atoms with Crippen LogP contribution in [0.5, 0.6) is 5.75 Å². The second kappa shape index (κ2) is 5.40. The number of aromatic hydroxyl groups is 1. The van der Waals surface area contributed by atoms with Crippen LogP contribution in [-0.4, -0.2) is 30.3 Å². The van der Waals surface area contributed by atoms with Crippen molar-refractivity contribution in [1.29, 1.82) is 0 Å². The molecule has 1 aliphatic rings. The zero-order chi connectivity index (χ0) is 13.1. The molecule has 0 aromatic heterocycles. The lowest BCUT2D eigenvalue weighted by atomic mass is 10.1. The molecule has 2 N–H and O–H groups in total. The summed E-state index contributed by atoms with van der Waals surface area (Å²) in [7, 11) is 1.70. The highest BCUT2D eigenvalue weighted by Crippen LogP contribution is 2.23. The lowest BCUT2D eigenvalue weighted by Crippen LogP contribution is -2.33. The zero-order valence-corrected chi connectivity index (χ0v) is 10.8. The first-order valence-electron chi connectivity index (χ1n) is 6.23. The third kappa shape index (κ3) is 2.82. The van der Waals surface area contributed by atoms with Gasteiger partial charge in [-0.1, -0.05) is 6.07 Å². The van der Waals surface area contributed by atoms with Crippen molar-refractivity contribution in [3.63, 3.8) is 0 Å². The van der Waals surface area contributed by atoms with Gasteiger partial charge in [0.2, 0.25) is 0 Å². The molecule has 4 nitrogen and oxygen atoms in total. The van der Waals surface area contributed by atoms with Crippen LogP contribution in [0.1, 0.15) is 35.2 Å². The minimum absolute atomic E-state index is 0.0359. The fourth-order valence-electron chi connectivity index (χ4n) is 2.38. The molecule has 1 amide bonds. The van der Waals surface area contributed by atoms with Crippen LogP contribution < -0.4 is 5.32 Å². The molecule has 1 fully saturated rings. The summed E-state index contributed by atoms with van der Waals surface area (Å²) in [5.41, 5.74) is 1.27. The van der Waals surface area contributed by atoms with E-state index in [2.05, 4.69) is 5.32 Å².